The van der Waals surface area contributed by atoms with Gasteiger partial charge in [0.15, 0.2) is 5.96 Å². The van der Waals surface area contributed by atoms with Crippen LogP contribution in [0.3, 0.4) is 0 Å². The Bertz CT molecular complexity index is 555. The maximum absolute atomic E-state index is 11.6. The number of hydrogen-bond donors (Lipinski definition) is 3. The predicted molar refractivity (Wildman–Crippen MR) is 113 cm³/mol. The number of amides is 1. The second-order valence-electron chi connectivity index (χ2n) is 5.08. The van der Waals surface area contributed by atoms with Crippen molar-refractivity contribution in [2.75, 3.05) is 19.6 Å². The molecule has 0 fully saturated rings. The smallest absolute Gasteiger partial charge is 0.241 e. The van der Waals surface area contributed by atoms with Gasteiger partial charge in [-0.1, -0.05) is 36.2 Å². The minimum absolute atomic E-state index is 0. The Hall–Kier alpha value is -0.730. The van der Waals surface area contributed by atoms with Crippen LogP contribution in [0.1, 0.15) is 38.8 Å². The predicted octanol–water partition coefficient (Wildman–Crippen LogP) is 3.75. The molecule has 1 unspecified atom stereocenters. The summed E-state index contributed by atoms with van der Waals surface area (Å²) in [5.41, 5.74) is 0.914. The average molecular weight is 487 g/mol. The molecule has 1 atom stereocenters. The van der Waals surface area contributed by atoms with E-state index in [2.05, 4.69) is 20.9 Å². The van der Waals surface area contributed by atoms with Gasteiger partial charge in [0.2, 0.25) is 5.91 Å². The highest BCUT2D eigenvalue weighted by Crippen LogP contribution is 2.25. The standard InChI is InChI=1S/C16H24Cl2N4O.HI/c1-4-8-20-15(23)10-21-16(19-5-2)22-11(3)13-7-6-12(17)9-14(13)18;/h6-7,9,11H,4-5,8,10H2,1-3H3,(H,20,23)(H2,19,21,22);1H. The van der Waals surface area contributed by atoms with E-state index in [1.54, 1.807) is 12.1 Å². The molecule has 1 amide bonds. The lowest BCUT2D eigenvalue weighted by molar-refractivity contribution is -0.119. The number of hydrogen-bond acceptors (Lipinski definition) is 2. The zero-order valence-corrected chi connectivity index (χ0v) is 18.0. The number of guanidine groups is 1. The maximum atomic E-state index is 11.6. The summed E-state index contributed by atoms with van der Waals surface area (Å²) in [6, 6.07) is 5.30. The molecule has 8 heteroatoms. The molecule has 136 valence electrons. The summed E-state index contributed by atoms with van der Waals surface area (Å²) >= 11 is 12.1. The van der Waals surface area contributed by atoms with E-state index in [-0.39, 0.29) is 42.5 Å². The molecule has 1 aromatic rings. The lowest BCUT2D eigenvalue weighted by Crippen LogP contribution is -2.39. The van der Waals surface area contributed by atoms with Gasteiger partial charge in [-0.05, 0) is 38.0 Å². The third-order valence-corrected chi connectivity index (χ3v) is 3.64. The van der Waals surface area contributed by atoms with E-state index in [0.717, 1.165) is 12.0 Å². The Morgan fingerprint density at radius 1 is 1.25 bits per heavy atom. The number of carbonyl (C=O) groups is 1. The van der Waals surface area contributed by atoms with Crippen LogP contribution < -0.4 is 16.0 Å². The minimum atomic E-state index is -0.0961. The first-order valence-electron chi connectivity index (χ1n) is 7.74. The lowest BCUT2D eigenvalue weighted by Gasteiger charge is -2.19. The van der Waals surface area contributed by atoms with Gasteiger partial charge < -0.3 is 16.0 Å². The SMILES string of the molecule is CCCNC(=O)CN=C(NCC)NC(C)c1ccc(Cl)cc1Cl.I. The van der Waals surface area contributed by atoms with E-state index < -0.39 is 0 Å². The highest BCUT2D eigenvalue weighted by atomic mass is 127. The Morgan fingerprint density at radius 3 is 2.54 bits per heavy atom. The molecule has 5 nitrogen and oxygen atoms in total. The molecule has 24 heavy (non-hydrogen) atoms. The van der Waals surface area contributed by atoms with Crippen molar-refractivity contribution >= 4 is 59.0 Å². The Morgan fingerprint density at radius 2 is 1.96 bits per heavy atom. The molecule has 1 aromatic carbocycles. The van der Waals surface area contributed by atoms with Gasteiger partial charge in [0.05, 0.1) is 6.04 Å². The third-order valence-electron chi connectivity index (χ3n) is 3.08. The van der Waals surface area contributed by atoms with Crippen LogP contribution in [-0.4, -0.2) is 31.5 Å². The van der Waals surface area contributed by atoms with Crippen molar-refractivity contribution in [1.29, 1.82) is 0 Å². The first kappa shape index (κ1) is 23.3. The fourth-order valence-corrected chi connectivity index (χ4v) is 2.50. The molecule has 0 radical (unpaired) electrons. The summed E-state index contributed by atoms with van der Waals surface area (Å²) in [6.07, 6.45) is 0.903. The van der Waals surface area contributed by atoms with Gasteiger partial charge in [0, 0.05) is 23.1 Å². The Kier molecular flexibility index (Phi) is 12.2. The number of nitrogens with one attached hydrogen (secondary N) is 3. The summed E-state index contributed by atoms with van der Waals surface area (Å²) in [5, 5.41) is 10.3. The topological polar surface area (TPSA) is 65.5 Å². The molecule has 0 saturated heterocycles. The van der Waals surface area contributed by atoms with Crippen LogP contribution >= 0.6 is 47.2 Å². The van der Waals surface area contributed by atoms with E-state index in [9.17, 15) is 4.79 Å². The number of rotatable bonds is 7. The van der Waals surface area contributed by atoms with Gasteiger partial charge in [-0.15, -0.1) is 24.0 Å². The minimum Gasteiger partial charge on any atom is -0.357 e. The summed E-state index contributed by atoms with van der Waals surface area (Å²) in [6.45, 7) is 7.38. The Balaban J connectivity index is 0.00000529. The van der Waals surface area contributed by atoms with Crippen LogP contribution in [0.25, 0.3) is 0 Å². The van der Waals surface area contributed by atoms with E-state index in [1.165, 1.54) is 0 Å². The Labute approximate surface area is 171 Å². The summed E-state index contributed by atoms with van der Waals surface area (Å²) in [5.74, 6) is 0.471. The maximum Gasteiger partial charge on any atom is 0.241 e. The molecule has 0 aliphatic heterocycles. The molecule has 0 aliphatic carbocycles. The number of halogens is 3. The number of benzene rings is 1. The monoisotopic (exact) mass is 486 g/mol. The van der Waals surface area contributed by atoms with Crippen LogP contribution in [-0.2, 0) is 4.79 Å². The number of carbonyl (C=O) groups excluding carboxylic acids is 1. The largest absolute Gasteiger partial charge is 0.357 e. The molecule has 0 heterocycles. The quantitative estimate of drug-likeness (QED) is 0.312. The number of aliphatic imine (C=N–C) groups is 1. The summed E-state index contributed by atoms with van der Waals surface area (Å²) in [4.78, 5) is 15.9. The van der Waals surface area contributed by atoms with E-state index >= 15 is 0 Å². The molecular formula is C16H25Cl2IN4O. The first-order chi connectivity index (χ1) is 11.0. The van der Waals surface area contributed by atoms with Crippen molar-refractivity contribution in [3.05, 3.63) is 33.8 Å². The zero-order chi connectivity index (χ0) is 17.2. The van der Waals surface area contributed by atoms with E-state index in [1.807, 2.05) is 26.8 Å². The van der Waals surface area contributed by atoms with Gasteiger partial charge >= 0.3 is 0 Å². The van der Waals surface area contributed by atoms with E-state index in [4.69, 9.17) is 23.2 Å². The average Bonchev–Trinajstić information content (AvgIpc) is 2.50. The van der Waals surface area contributed by atoms with E-state index in [0.29, 0.717) is 29.1 Å². The molecule has 3 N–H and O–H groups in total. The second-order valence-corrected chi connectivity index (χ2v) is 5.92. The van der Waals surface area contributed by atoms with Crippen molar-refractivity contribution in [2.24, 2.45) is 4.99 Å². The summed E-state index contributed by atoms with van der Waals surface area (Å²) < 4.78 is 0. The van der Waals surface area contributed by atoms with Crippen LogP contribution in [0.4, 0.5) is 0 Å². The fraction of sp³-hybridized carbons (Fsp3) is 0.500. The molecule has 0 spiro atoms. The third kappa shape index (κ3) is 8.39. The second kappa shape index (κ2) is 12.6. The molecule has 1 rings (SSSR count). The van der Waals surface area contributed by atoms with Gasteiger partial charge in [0.1, 0.15) is 6.54 Å². The van der Waals surface area contributed by atoms with Crippen molar-refractivity contribution in [3.63, 3.8) is 0 Å². The van der Waals surface area contributed by atoms with Crippen LogP contribution in [0.15, 0.2) is 23.2 Å². The fourth-order valence-electron chi connectivity index (χ4n) is 1.93. The number of nitrogens with zero attached hydrogens (tertiary/aromatic N) is 1. The summed E-state index contributed by atoms with van der Waals surface area (Å²) in [7, 11) is 0. The molecule has 0 aliphatic rings. The van der Waals surface area contributed by atoms with Crippen LogP contribution in [0.2, 0.25) is 10.0 Å². The molecular weight excluding hydrogens is 462 g/mol. The van der Waals surface area contributed by atoms with Gasteiger partial charge in [-0.3, -0.25) is 4.79 Å². The van der Waals surface area contributed by atoms with Crippen molar-refractivity contribution in [1.82, 2.24) is 16.0 Å². The van der Waals surface area contributed by atoms with Crippen molar-refractivity contribution < 1.29 is 4.79 Å². The first-order valence-corrected chi connectivity index (χ1v) is 8.50. The van der Waals surface area contributed by atoms with Gasteiger partial charge in [-0.25, -0.2) is 4.99 Å². The van der Waals surface area contributed by atoms with Gasteiger partial charge in [0.25, 0.3) is 0 Å². The zero-order valence-electron chi connectivity index (χ0n) is 14.2. The molecule has 0 saturated carbocycles. The van der Waals surface area contributed by atoms with Crippen LogP contribution in [0.5, 0.6) is 0 Å². The molecule has 0 aromatic heterocycles. The normalized spacial score (nSPS) is 12.1. The van der Waals surface area contributed by atoms with Gasteiger partial charge in [-0.2, -0.15) is 0 Å². The molecule has 0 bridgehead atoms. The van der Waals surface area contributed by atoms with Crippen molar-refractivity contribution in [3.8, 4) is 0 Å². The van der Waals surface area contributed by atoms with Crippen LogP contribution in [0, 0.1) is 0 Å². The highest BCUT2D eigenvalue weighted by molar-refractivity contribution is 14.0. The lowest BCUT2D eigenvalue weighted by atomic mass is 10.1. The van der Waals surface area contributed by atoms with Crippen molar-refractivity contribution in [2.45, 2.75) is 33.2 Å². The highest BCUT2D eigenvalue weighted by Gasteiger charge is 2.12.